The number of aryl methyl sites for hydroxylation is 1. The van der Waals surface area contributed by atoms with Gasteiger partial charge in [-0.25, -0.2) is 4.98 Å². The van der Waals surface area contributed by atoms with Gasteiger partial charge in [-0.2, -0.15) is 13.2 Å². The summed E-state index contributed by atoms with van der Waals surface area (Å²) < 4.78 is 41.2. The third kappa shape index (κ3) is 3.40. The van der Waals surface area contributed by atoms with Gasteiger partial charge in [0.2, 0.25) is 0 Å². The second-order valence-corrected chi connectivity index (χ2v) is 6.69. The zero-order valence-corrected chi connectivity index (χ0v) is 13.6. The van der Waals surface area contributed by atoms with E-state index in [0.717, 1.165) is 21.4 Å². The Kier molecular flexibility index (Phi) is 4.35. The first kappa shape index (κ1) is 16.3. The molecule has 7 heteroatoms. The topological polar surface area (TPSA) is 29.3 Å². The third-order valence-corrected chi connectivity index (χ3v) is 3.91. The zero-order chi connectivity index (χ0) is 15.8. The Morgan fingerprint density at radius 3 is 2.62 bits per heavy atom. The first-order valence-electron chi connectivity index (χ1n) is 6.51. The van der Waals surface area contributed by atoms with Gasteiger partial charge in [0.15, 0.2) is 0 Å². The van der Waals surface area contributed by atoms with Gasteiger partial charge >= 0.3 is 6.18 Å². The molecule has 0 saturated carbocycles. The van der Waals surface area contributed by atoms with E-state index in [2.05, 4.69) is 26.2 Å². The molecule has 0 aliphatic carbocycles. The van der Waals surface area contributed by atoms with Crippen molar-refractivity contribution in [1.82, 2.24) is 14.7 Å². The molecule has 0 fully saturated rings. The molecule has 0 amide bonds. The minimum Gasteiger partial charge on any atom is -0.310 e. The van der Waals surface area contributed by atoms with Gasteiger partial charge in [0.05, 0.1) is 17.3 Å². The van der Waals surface area contributed by atoms with Crippen molar-refractivity contribution < 1.29 is 13.2 Å². The molecule has 2 aromatic rings. The van der Waals surface area contributed by atoms with Gasteiger partial charge in [-0.3, -0.25) is 0 Å². The van der Waals surface area contributed by atoms with Crippen molar-refractivity contribution in [3.05, 3.63) is 34.2 Å². The Balaban J connectivity index is 2.12. The molecule has 3 nitrogen and oxygen atoms in total. The van der Waals surface area contributed by atoms with E-state index < -0.39 is 11.6 Å². The standard InChI is InChI=1S/C14H17BrF3N3/c1-9-4-10(15)7-21-11(6-20-12(9)21)5-19-8-13(2,3)14(16,17)18/h4,6-7,19H,5,8H2,1-3H3. The van der Waals surface area contributed by atoms with Gasteiger partial charge in [0.1, 0.15) is 5.65 Å². The number of nitrogens with zero attached hydrogens (tertiary/aromatic N) is 2. The van der Waals surface area contributed by atoms with Crippen molar-refractivity contribution in [2.75, 3.05) is 6.54 Å². The fourth-order valence-corrected chi connectivity index (χ4v) is 2.55. The number of imidazole rings is 1. The molecule has 2 aromatic heterocycles. The van der Waals surface area contributed by atoms with Crippen LogP contribution in [0, 0.1) is 12.3 Å². The van der Waals surface area contributed by atoms with Crippen LogP contribution in [0.1, 0.15) is 25.1 Å². The molecule has 0 spiro atoms. The number of pyridine rings is 1. The van der Waals surface area contributed by atoms with E-state index in [-0.39, 0.29) is 6.54 Å². The first-order valence-corrected chi connectivity index (χ1v) is 7.31. The fourth-order valence-electron chi connectivity index (χ4n) is 2.00. The van der Waals surface area contributed by atoms with Crippen LogP contribution in [-0.4, -0.2) is 22.1 Å². The van der Waals surface area contributed by atoms with Crippen molar-refractivity contribution in [3.63, 3.8) is 0 Å². The molecule has 0 aliphatic heterocycles. The minimum absolute atomic E-state index is 0.142. The summed E-state index contributed by atoms with van der Waals surface area (Å²) in [6.07, 6.45) is -0.678. The molecule has 2 rings (SSSR count). The van der Waals surface area contributed by atoms with Crippen LogP contribution in [0.2, 0.25) is 0 Å². The Labute approximate surface area is 129 Å². The van der Waals surface area contributed by atoms with Crippen molar-refractivity contribution >= 4 is 21.6 Å². The summed E-state index contributed by atoms with van der Waals surface area (Å²) in [5.41, 5.74) is 0.882. The van der Waals surface area contributed by atoms with E-state index in [4.69, 9.17) is 0 Å². The van der Waals surface area contributed by atoms with E-state index >= 15 is 0 Å². The summed E-state index contributed by atoms with van der Waals surface area (Å²) in [6.45, 7) is 4.51. The second-order valence-electron chi connectivity index (χ2n) is 5.77. The highest BCUT2D eigenvalue weighted by atomic mass is 79.9. The Morgan fingerprint density at radius 2 is 2.00 bits per heavy atom. The molecule has 0 unspecified atom stereocenters. The summed E-state index contributed by atoms with van der Waals surface area (Å²) in [5, 5.41) is 2.87. The monoisotopic (exact) mass is 363 g/mol. The number of nitrogens with one attached hydrogen (secondary N) is 1. The SMILES string of the molecule is Cc1cc(Br)cn2c(CNCC(C)(C)C(F)(F)F)cnc12. The maximum Gasteiger partial charge on any atom is 0.395 e. The van der Waals surface area contributed by atoms with E-state index in [1.54, 1.807) is 6.20 Å². The third-order valence-electron chi connectivity index (χ3n) is 3.47. The van der Waals surface area contributed by atoms with Crippen LogP contribution in [0.25, 0.3) is 5.65 Å². The van der Waals surface area contributed by atoms with Gasteiger partial charge in [-0.1, -0.05) is 0 Å². The van der Waals surface area contributed by atoms with Crippen LogP contribution in [0.15, 0.2) is 22.9 Å². The molecule has 0 atom stereocenters. The van der Waals surface area contributed by atoms with Gasteiger partial charge in [0, 0.05) is 23.8 Å². The molecular formula is C14H17BrF3N3. The van der Waals surface area contributed by atoms with Crippen LogP contribution < -0.4 is 5.32 Å². The Hall–Kier alpha value is -1.08. The predicted molar refractivity (Wildman–Crippen MR) is 79.2 cm³/mol. The molecule has 116 valence electrons. The van der Waals surface area contributed by atoms with E-state index in [1.807, 2.05) is 23.6 Å². The van der Waals surface area contributed by atoms with Gasteiger partial charge in [-0.05, 0) is 48.3 Å². The largest absolute Gasteiger partial charge is 0.395 e. The van der Waals surface area contributed by atoms with Crippen LogP contribution in [0.5, 0.6) is 0 Å². The minimum atomic E-state index is -4.22. The highest BCUT2D eigenvalue weighted by Gasteiger charge is 2.46. The quantitative estimate of drug-likeness (QED) is 0.886. The van der Waals surface area contributed by atoms with Crippen molar-refractivity contribution in [2.45, 2.75) is 33.5 Å². The molecule has 21 heavy (non-hydrogen) atoms. The molecular weight excluding hydrogens is 347 g/mol. The number of hydrogen-bond donors (Lipinski definition) is 1. The second kappa shape index (κ2) is 5.61. The summed E-state index contributed by atoms with van der Waals surface area (Å²) in [6, 6.07) is 1.95. The molecule has 2 heterocycles. The van der Waals surface area contributed by atoms with Crippen LogP contribution in [0.3, 0.4) is 0 Å². The van der Waals surface area contributed by atoms with Crippen LogP contribution >= 0.6 is 15.9 Å². The normalized spacial score (nSPS) is 13.1. The Morgan fingerprint density at radius 1 is 1.33 bits per heavy atom. The van der Waals surface area contributed by atoms with Crippen LogP contribution in [0.4, 0.5) is 13.2 Å². The van der Waals surface area contributed by atoms with Gasteiger partial charge in [-0.15, -0.1) is 0 Å². The number of rotatable bonds is 4. The van der Waals surface area contributed by atoms with Gasteiger partial charge in [0.25, 0.3) is 0 Å². The van der Waals surface area contributed by atoms with Crippen molar-refractivity contribution in [3.8, 4) is 0 Å². The highest BCUT2D eigenvalue weighted by Crippen LogP contribution is 2.36. The van der Waals surface area contributed by atoms with E-state index in [1.165, 1.54) is 13.8 Å². The van der Waals surface area contributed by atoms with E-state index in [9.17, 15) is 13.2 Å². The highest BCUT2D eigenvalue weighted by molar-refractivity contribution is 9.10. The fraction of sp³-hybridized carbons (Fsp3) is 0.500. The molecule has 1 N–H and O–H groups in total. The summed E-state index contributed by atoms with van der Waals surface area (Å²) in [4.78, 5) is 4.30. The van der Waals surface area contributed by atoms with Crippen molar-refractivity contribution in [2.24, 2.45) is 5.41 Å². The molecule has 0 saturated heterocycles. The Bertz CT molecular complexity index is 647. The molecule has 0 radical (unpaired) electrons. The van der Waals surface area contributed by atoms with Crippen molar-refractivity contribution in [1.29, 1.82) is 0 Å². The van der Waals surface area contributed by atoms with Crippen LogP contribution in [-0.2, 0) is 6.54 Å². The lowest BCUT2D eigenvalue weighted by molar-refractivity contribution is -0.209. The van der Waals surface area contributed by atoms with E-state index in [0.29, 0.717) is 6.54 Å². The number of fused-ring (bicyclic) bond motifs is 1. The lowest BCUT2D eigenvalue weighted by Gasteiger charge is -2.27. The predicted octanol–water partition coefficient (Wildman–Crippen LogP) is 4.08. The molecule has 0 aromatic carbocycles. The lowest BCUT2D eigenvalue weighted by atomic mass is 9.93. The maximum atomic E-state index is 12.8. The number of alkyl halides is 3. The maximum absolute atomic E-state index is 12.8. The summed E-state index contributed by atoms with van der Waals surface area (Å²) >= 11 is 3.41. The number of hydrogen-bond acceptors (Lipinski definition) is 2. The molecule has 0 aliphatic rings. The average Bonchev–Trinajstić information content (AvgIpc) is 2.71. The summed E-state index contributed by atoms with van der Waals surface area (Å²) in [5.74, 6) is 0. The zero-order valence-electron chi connectivity index (χ0n) is 12.1. The first-order chi connectivity index (χ1) is 9.62. The lowest BCUT2D eigenvalue weighted by Crippen LogP contribution is -2.41. The van der Waals surface area contributed by atoms with Gasteiger partial charge < -0.3 is 9.72 Å². The smallest absolute Gasteiger partial charge is 0.310 e. The number of aromatic nitrogens is 2. The molecule has 0 bridgehead atoms. The average molecular weight is 364 g/mol. The summed E-state index contributed by atoms with van der Waals surface area (Å²) in [7, 11) is 0. The number of halogens is 4.